The lowest BCUT2D eigenvalue weighted by molar-refractivity contribution is 0.0618. The zero-order chi connectivity index (χ0) is 18.1. The Morgan fingerprint density at radius 3 is 2.65 bits per heavy atom. The quantitative estimate of drug-likeness (QED) is 0.664. The molecule has 0 atom stereocenters. The number of aryl methyl sites for hydroxylation is 1. The Morgan fingerprint density at radius 2 is 1.92 bits per heavy atom. The van der Waals surface area contributed by atoms with E-state index in [2.05, 4.69) is 9.88 Å². The van der Waals surface area contributed by atoms with Crippen LogP contribution in [0.25, 0.3) is 5.65 Å². The third-order valence-corrected chi connectivity index (χ3v) is 5.64. The number of amides is 1. The van der Waals surface area contributed by atoms with Crippen LogP contribution in [0.15, 0.2) is 41.9 Å². The number of Topliss-reactive ketones (excluding diaryl/α,β-unsaturated/α-hetero) is 1. The van der Waals surface area contributed by atoms with Gasteiger partial charge in [0, 0.05) is 32.4 Å². The molecule has 0 saturated carbocycles. The Kier molecular flexibility index (Phi) is 4.57. The van der Waals surface area contributed by atoms with Crippen LogP contribution in [0.2, 0.25) is 0 Å². The summed E-state index contributed by atoms with van der Waals surface area (Å²) in [6.07, 6.45) is 1.87. The molecule has 3 aromatic heterocycles. The van der Waals surface area contributed by atoms with Gasteiger partial charge in [-0.25, -0.2) is 4.98 Å². The van der Waals surface area contributed by atoms with Gasteiger partial charge in [0.15, 0.2) is 5.78 Å². The van der Waals surface area contributed by atoms with Gasteiger partial charge < -0.3 is 4.90 Å². The number of aromatic nitrogens is 2. The predicted molar refractivity (Wildman–Crippen MR) is 101 cm³/mol. The van der Waals surface area contributed by atoms with Gasteiger partial charge in [-0.05, 0) is 30.5 Å². The van der Waals surface area contributed by atoms with E-state index in [0.717, 1.165) is 16.2 Å². The number of fused-ring (bicyclic) bond motifs is 1. The number of hydrogen-bond donors (Lipinski definition) is 0. The molecule has 0 N–H and O–H groups in total. The zero-order valence-corrected chi connectivity index (χ0v) is 15.4. The second-order valence-corrected chi connectivity index (χ2v) is 7.39. The summed E-state index contributed by atoms with van der Waals surface area (Å²) < 4.78 is 1.85. The first-order chi connectivity index (χ1) is 12.6. The molecule has 0 unspecified atom stereocenters. The Morgan fingerprint density at radius 1 is 1.12 bits per heavy atom. The summed E-state index contributed by atoms with van der Waals surface area (Å²) in [5.74, 6) is 0.155. The zero-order valence-electron chi connectivity index (χ0n) is 14.6. The normalized spacial score (nSPS) is 15.5. The lowest BCUT2D eigenvalue weighted by Gasteiger charge is -2.34. The summed E-state index contributed by atoms with van der Waals surface area (Å²) in [6.45, 7) is 4.94. The first-order valence-corrected chi connectivity index (χ1v) is 9.53. The lowest BCUT2D eigenvalue weighted by Crippen LogP contribution is -2.50. The fourth-order valence-electron chi connectivity index (χ4n) is 3.35. The van der Waals surface area contributed by atoms with Gasteiger partial charge in [0.05, 0.1) is 17.1 Å². The van der Waals surface area contributed by atoms with Gasteiger partial charge in [0.1, 0.15) is 11.3 Å². The number of nitrogens with zero attached hydrogens (tertiary/aromatic N) is 4. The van der Waals surface area contributed by atoms with E-state index in [0.29, 0.717) is 38.4 Å². The third kappa shape index (κ3) is 3.15. The molecular weight excluding hydrogens is 348 g/mol. The SMILES string of the molecule is Cc1nc2ccccn2c1C(=O)N1CCN(CC(=O)c2cccs2)CC1. The minimum atomic E-state index is 0.00503. The van der Waals surface area contributed by atoms with Crippen LogP contribution in [0.4, 0.5) is 0 Å². The average molecular weight is 368 g/mol. The van der Waals surface area contributed by atoms with Gasteiger partial charge in [-0.2, -0.15) is 0 Å². The van der Waals surface area contributed by atoms with Gasteiger partial charge in [-0.3, -0.25) is 18.9 Å². The minimum Gasteiger partial charge on any atom is -0.335 e. The second-order valence-electron chi connectivity index (χ2n) is 6.44. The van der Waals surface area contributed by atoms with Crippen molar-refractivity contribution < 1.29 is 9.59 Å². The van der Waals surface area contributed by atoms with E-state index in [1.54, 1.807) is 0 Å². The monoisotopic (exact) mass is 368 g/mol. The van der Waals surface area contributed by atoms with Crippen LogP contribution in [-0.4, -0.2) is 63.6 Å². The van der Waals surface area contributed by atoms with Crippen LogP contribution in [-0.2, 0) is 0 Å². The van der Waals surface area contributed by atoms with E-state index in [-0.39, 0.29) is 11.7 Å². The third-order valence-electron chi connectivity index (χ3n) is 4.73. The van der Waals surface area contributed by atoms with Crippen molar-refractivity contribution in [2.24, 2.45) is 0 Å². The van der Waals surface area contributed by atoms with E-state index in [9.17, 15) is 9.59 Å². The molecule has 0 spiro atoms. The number of ketones is 1. The summed E-state index contributed by atoms with van der Waals surface area (Å²) in [6, 6.07) is 9.48. The summed E-state index contributed by atoms with van der Waals surface area (Å²) >= 11 is 1.48. The number of pyridine rings is 1. The van der Waals surface area contributed by atoms with Crippen molar-refractivity contribution in [2.75, 3.05) is 32.7 Å². The fraction of sp³-hybridized carbons (Fsp3) is 0.316. The molecule has 6 nitrogen and oxygen atoms in total. The van der Waals surface area contributed by atoms with Crippen molar-refractivity contribution in [3.63, 3.8) is 0 Å². The lowest BCUT2D eigenvalue weighted by atomic mass is 10.2. The molecule has 0 bridgehead atoms. The van der Waals surface area contributed by atoms with Crippen LogP contribution < -0.4 is 0 Å². The number of carbonyl (C=O) groups is 2. The highest BCUT2D eigenvalue weighted by molar-refractivity contribution is 7.12. The standard InChI is InChI=1S/C19H20N4O2S/c1-14-18(23-7-3-2-6-17(23)20-14)19(25)22-10-8-21(9-11-22)13-15(24)16-5-4-12-26-16/h2-7,12H,8-11,13H2,1H3. The van der Waals surface area contributed by atoms with Gasteiger partial charge in [0.25, 0.3) is 5.91 Å². The molecule has 1 aliphatic rings. The summed E-state index contributed by atoms with van der Waals surface area (Å²) in [4.78, 5) is 34.5. The first kappa shape index (κ1) is 16.9. The smallest absolute Gasteiger partial charge is 0.272 e. The van der Waals surface area contributed by atoms with E-state index in [4.69, 9.17) is 0 Å². The van der Waals surface area contributed by atoms with Crippen LogP contribution >= 0.6 is 11.3 Å². The predicted octanol–water partition coefficient (Wildman–Crippen LogP) is 2.34. The maximum atomic E-state index is 13.0. The number of piperazine rings is 1. The molecule has 134 valence electrons. The maximum Gasteiger partial charge on any atom is 0.272 e. The first-order valence-electron chi connectivity index (χ1n) is 8.65. The molecule has 0 aromatic carbocycles. The Hall–Kier alpha value is -2.51. The summed E-state index contributed by atoms with van der Waals surface area (Å²) in [7, 11) is 0. The number of thiophene rings is 1. The molecule has 3 aromatic rings. The van der Waals surface area contributed by atoms with Crippen molar-refractivity contribution >= 4 is 28.7 Å². The second kappa shape index (κ2) is 7.01. The molecule has 1 amide bonds. The van der Waals surface area contributed by atoms with Crippen LogP contribution in [0.1, 0.15) is 25.9 Å². The molecule has 1 fully saturated rings. The highest BCUT2D eigenvalue weighted by atomic mass is 32.1. The Labute approximate surface area is 155 Å². The molecule has 26 heavy (non-hydrogen) atoms. The van der Waals surface area contributed by atoms with Crippen molar-refractivity contribution in [1.29, 1.82) is 0 Å². The molecule has 0 aliphatic carbocycles. The van der Waals surface area contributed by atoms with Gasteiger partial charge in [-0.15, -0.1) is 11.3 Å². The number of hydrogen-bond acceptors (Lipinski definition) is 5. The molecule has 4 rings (SSSR count). The van der Waals surface area contributed by atoms with E-state index in [1.165, 1.54) is 11.3 Å². The molecule has 1 aliphatic heterocycles. The van der Waals surface area contributed by atoms with Crippen LogP contribution in [0.5, 0.6) is 0 Å². The van der Waals surface area contributed by atoms with Crippen LogP contribution in [0.3, 0.4) is 0 Å². The Balaban J connectivity index is 1.42. The summed E-state index contributed by atoms with van der Waals surface area (Å²) in [5, 5.41) is 1.92. The van der Waals surface area contributed by atoms with Crippen molar-refractivity contribution in [3.8, 4) is 0 Å². The molecule has 1 saturated heterocycles. The van der Waals surface area contributed by atoms with E-state index >= 15 is 0 Å². The van der Waals surface area contributed by atoms with Gasteiger partial charge in [-0.1, -0.05) is 12.1 Å². The average Bonchev–Trinajstić information content (AvgIpc) is 3.29. The minimum absolute atomic E-state index is 0.00503. The topological polar surface area (TPSA) is 57.9 Å². The summed E-state index contributed by atoms with van der Waals surface area (Å²) in [5.41, 5.74) is 2.16. The highest BCUT2D eigenvalue weighted by Gasteiger charge is 2.27. The Bertz CT molecular complexity index is 940. The van der Waals surface area contributed by atoms with Crippen molar-refractivity contribution in [3.05, 3.63) is 58.2 Å². The fourth-order valence-corrected chi connectivity index (χ4v) is 4.01. The van der Waals surface area contributed by atoms with Gasteiger partial charge in [0.2, 0.25) is 0 Å². The number of carbonyl (C=O) groups excluding carboxylic acids is 2. The molecule has 0 radical (unpaired) electrons. The molecular formula is C19H20N4O2S. The maximum absolute atomic E-state index is 13.0. The number of rotatable bonds is 4. The van der Waals surface area contributed by atoms with Crippen molar-refractivity contribution in [2.45, 2.75) is 6.92 Å². The van der Waals surface area contributed by atoms with E-state index in [1.807, 2.05) is 58.1 Å². The van der Waals surface area contributed by atoms with Crippen molar-refractivity contribution in [1.82, 2.24) is 19.2 Å². The number of imidazole rings is 1. The van der Waals surface area contributed by atoms with Gasteiger partial charge >= 0.3 is 0 Å². The van der Waals surface area contributed by atoms with Crippen LogP contribution in [0, 0.1) is 6.92 Å². The van der Waals surface area contributed by atoms with E-state index < -0.39 is 0 Å². The highest BCUT2D eigenvalue weighted by Crippen LogP contribution is 2.16. The molecule has 7 heteroatoms. The largest absolute Gasteiger partial charge is 0.335 e. The molecule has 4 heterocycles.